The molecule has 0 saturated carbocycles. The van der Waals surface area contributed by atoms with E-state index in [4.69, 9.17) is 14.7 Å². The molecule has 0 N–H and O–H groups in total. The Kier molecular flexibility index (Phi) is 6.33. The van der Waals surface area contributed by atoms with Crippen LogP contribution in [0.2, 0.25) is 0 Å². The molecule has 3 nitrogen and oxygen atoms in total. The smallest absolute Gasteiger partial charge is 0.138 e. The Hall–Kier alpha value is -6.06. The van der Waals surface area contributed by atoms with Crippen LogP contribution in [0.4, 0.5) is 0 Å². The highest BCUT2D eigenvalue weighted by Crippen LogP contribution is 2.48. The predicted octanol–water partition coefficient (Wildman–Crippen LogP) is 10.7. The van der Waals surface area contributed by atoms with E-state index in [1.807, 2.05) is 6.07 Å². The molecule has 3 aliphatic carbocycles. The number of nitrogens with zero attached hydrogens (tertiary/aromatic N) is 2. The van der Waals surface area contributed by atoms with Crippen molar-refractivity contribution in [1.29, 1.82) is 0 Å². The monoisotopic (exact) mass is 654 g/mol. The van der Waals surface area contributed by atoms with Crippen LogP contribution in [-0.2, 0) is 6.42 Å². The number of hydrogen-bond acceptors (Lipinski definition) is 3. The van der Waals surface area contributed by atoms with Crippen molar-refractivity contribution in [3.8, 4) is 28.1 Å². The number of aryl methyl sites for hydroxylation is 1. The van der Waals surface area contributed by atoms with Crippen LogP contribution >= 0.6 is 0 Å². The quantitative estimate of drug-likeness (QED) is 0.190. The topological polar surface area (TPSA) is 34.5 Å². The molecule has 3 heteroatoms. The summed E-state index contributed by atoms with van der Waals surface area (Å²) in [7, 11) is 0. The summed E-state index contributed by atoms with van der Waals surface area (Å²) in [4.78, 5) is 10.6. The maximum atomic E-state index is 6.58. The Balaban J connectivity index is 1.06. The summed E-state index contributed by atoms with van der Waals surface area (Å²) in [6, 6.07) is 35.7. The van der Waals surface area contributed by atoms with Crippen molar-refractivity contribution in [3.63, 3.8) is 0 Å². The third kappa shape index (κ3) is 4.51. The Bertz CT molecular complexity index is 2720. The summed E-state index contributed by atoms with van der Waals surface area (Å²) in [5.41, 5.74) is 13.6. The number of para-hydroxylation sites is 1. The van der Waals surface area contributed by atoms with E-state index in [2.05, 4.69) is 140 Å². The molecular formula is C48H34N2O. The lowest BCUT2D eigenvalue weighted by atomic mass is 9.82. The Morgan fingerprint density at radius 1 is 0.667 bits per heavy atom. The maximum absolute atomic E-state index is 6.58. The zero-order valence-corrected chi connectivity index (χ0v) is 28.1. The van der Waals surface area contributed by atoms with Gasteiger partial charge in [-0.25, -0.2) is 4.98 Å². The van der Waals surface area contributed by atoms with E-state index in [1.165, 1.54) is 49.0 Å². The molecule has 3 heterocycles. The number of aliphatic imine (C=N–C) groups is 1. The van der Waals surface area contributed by atoms with E-state index in [-0.39, 0.29) is 12.0 Å². The number of rotatable bonds is 4. The molecule has 0 fully saturated rings. The van der Waals surface area contributed by atoms with Crippen LogP contribution in [0.5, 0.6) is 5.75 Å². The lowest BCUT2D eigenvalue weighted by Crippen LogP contribution is -2.33. The van der Waals surface area contributed by atoms with Gasteiger partial charge in [0.15, 0.2) is 0 Å². The highest BCUT2D eigenvalue weighted by Gasteiger charge is 2.41. The normalized spacial score (nSPS) is 19.7. The number of allylic oxidation sites excluding steroid dienone is 7. The fourth-order valence-electron chi connectivity index (χ4n) is 8.82. The lowest BCUT2D eigenvalue weighted by molar-refractivity contribution is 0.256. The standard InChI is InChI=1S/C48H34N2O/c1-2-9-30(10-3-1)41-27-35(28-42(49-41)36-25-23-33-20-19-31-11-8-12-32-24-26-37(36)45(33)44(31)32)29-17-21-34(22-18-29)47-46-39-14-5-7-16-43(39)51-48(46)38-13-4-6-15-40(38)50-47/h2,4-7,9-11,13-28,38,48H,1,3,8,12H2. The Morgan fingerprint density at radius 2 is 1.55 bits per heavy atom. The van der Waals surface area contributed by atoms with Gasteiger partial charge in [-0.3, -0.25) is 4.99 Å². The highest BCUT2D eigenvalue weighted by molar-refractivity contribution is 6.16. The molecule has 5 aliphatic rings. The highest BCUT2D eigenvalue weighted by atomic mass is 16.5. The summed E-state index contributed by atoms with van der Waals surface area (Å²) < 4.78 is 6.58. The first-order chi connectivity index (χ1) is 25.3. The lowest BCUT2D eigenvalue weighted by Gasteiger charge is -2.29. The fraction of sp³-hybridized carbons (Fsp3) is 0.125. The van der Waals surface area contributed by atoms with Crippen molar-refractivity contribution in [2.24, 2.45) is 10.9 Å². The minimum Gasteiger partial charge on any atom is -0.484 e. The number of pyridine rings is 1. The van der Waals surface area contributed by atoms with Gasteiger partial charge in [-0.1, -0.05) is 121 Å². The molecule has 5 aromatic carbocycles. The molecule has 0 spiro atoms. The van der Waals surface area contributed by atoms with Crippen LogP contribution in [0.15, 0.2) is 145 Å². The van der Waals surface area contributed by atoms with Gasteiger partial charge < -0.3 is 4.74 Å². The zero-order valence-electron chi connectivity index (χ0n) is 28.1. The molecule has 0 radical (unpaired) electrons. The molecule has 11 rings (SSSR count). The van der Waals surface area contributed by atoms with Gasteiger partial charge in [0.25, 0.3) is 0 Å². The van der Waals surface area contributed by atoms with Gasteiger partial charge in [0, 0.05) is 22.3 Å². The van der Waals surface area contributed by atoms with E-state index in [1.54, 1.807) is 0 Å². The van der Waals surface area contributed by atoms with Crippen LogP contribution in [0.25, 0.3) is 66.8 Å². The van der Waals surface area contributed by atoms with E-state index in [0.29, 0.717) is 0 Å². The first-order valence-corrected chi connectivity index (χ1v) is 18.2. The van der Waals surface area contributed by atoms with Gasteiger partial charge in [-0.2, -0.15) is 0 Å². The third-order valence-electron chi connectivity index (χ3n) is 11.3. The molecular weight excluding hydrogens is 621 g/mol. The Morgan fingerprint density at radius 3 is 2.47 bits per heavy atom. The van der Waals surface area contributed by atoms with Gasteiger partial charge in [-0.15, -0.1) is 0 Å². The molecule has 0 amide bonds. The molecule has 2 unspecified atom stereocenters. The van der Waals surface area contributed by atoms with Crippen LogP contribution < -0.4 is 9.96 Å². The second-order valence-electron chi connectivity index (χ2n) is 14.2. The summed E-state index contributed by atoms with van der Waals surface area (Å²) in [6.45, 7) is 0. The summed E-state index contributed by atoms with van der Waals surface area (Å²) in [5.74, 6) is 1.05. The number of aromatic nitrogens is 1. The zero-order chi connectivity index (χ0) is 33.5. The number of fused-ring (bicyclic) bond motifs is 5. The predicted molar refractivity (Wildman–Crippen MR) is 211 cm³/mol. The minimum atomic E-state index is -0.0814. The number of benzene rings is 5. The van der Waals surface area contributed by atoms with E-state index >= 15 is 0 Å². The third-order valence-corrected chi connectivity index (χ3v) is 11.3. The van der Waals surface area contributed by atoms with Crippen molar-refractivity contribution >= 4 is 50.2 Å². The molecule has 0 bridgehead atoms. The van der Waals surface area contributed by atoms with Crippen LogP contribution in [0.1, 0.15) is 41.6 Å². The van der Waals surface area contributed by atoms with Gasteiger partial charge >= 0.3 is 0 Å². The molecule has 2 aliphatic heterocycles. The summed E-state index contributed by atoms with van der Waals surface area (Å²) >= 11 is 0. The first kappa shape index (κ1) is 28.7. The van der Waals surface area contributed by atoms with Crippen LogP contribution in [0.3, 0.4) is 0 Å². The molecule has 2 atom stereocenters. The van der Waals surface area contributed by atoms with Gasteiger partial charge in [0.05, 0.1) is 28.7 Å². The van der Waals surface area contributed by atoms with Gasteiger partial charge in [-0.05, 0) is 99.0 Å². The SMILES string of the molecule is C1=CC2=NC(c3ccc(-c4cc(C5=CCCC=C5)nc(-c5ccc6ccc7c8c(ccc5c68)CCC=7)c4)cc3)=C3c4ccccc4OC3C2C=C1. The van der Waals surface area contributed by atoms with Gasteiger partial charge in [0.1, 0.15) is 11.9 Å². The van der Waals surface area contributed by atoms with Crippen LogP contribution in [-0.4, -0.2) is 16.8 Å². The number of hydrogen-bond donors (Lipinski definition) is 0. The second-order valence-corrected chi connectivity index (χ2v) is 14.2. The van der Waals surface area contributed by atoms with Crippen molar-refractivity contribution in [1.82, 2.24) is 4.98 Å². The van der Waals surface area contributed by atoms with Gasteiger partial charge in [0.2, 0.25) is 0 Å². The first-order valence-electron chi connectivity index (χ1n) is 18.2. The molecule has 51 heavy (non-hydrogen) atoms. The molecule has 1 aromatic heterocycles. The van der Waals surface area contributed by atoms with Crippen molar-refractivity contribution in [2.45, 2.75) is 31.8 Å². The number of ether oxygens (including phenoxy) is 1. The van der Waals surface area contributed by atoms with Crippen molar-refractivity contribution in [2.75, 3.05) is 0 Å². The average molecular weight is 655 g/mol. The van der Waals surface area contributed by atoms with E-state index < -0.39 is 0 Å². The average Bonchev–Trinajstić information content (AvgIpc) is 3.60. The molecule has 0 saturated heterocycles. The summed E-state index contributed by atoms with van der Waals surface area (Å²) in [6.07, 6.45) is 22.0. The van der Waals surface area contributed by atoms with Crippen molar-refractivity contribution < 1.29 is 4.74 Å². The Labute approximate surface area is 297 Å². The molecule has 6 aromatic rings. The van der Waals surface area contributed by atoms with E-state index in [0.717, 1.165) is 76.5 Å². The summed E-state index contributed by atoms with van der Waals surface area (Å²) in [5, 5.41) is 6.69. The largest absolute Gasteiger partial charge is 0.484 e. The van der Waals surface area contributed by atoms with Crippen LogP contribution in [0, 0.1) is 5.92 Å². The van der Waals surface area contributed by atoms with E-state index in [9.17, 15) is 0 Å². The van der Waals surface area contributed by atoms with Crippen molar-refractivity contribution in [3.05, 3.63) is 167 Å². The fourth-order valence-corrected chi connectivity index (χ4v) is 8.82. The second kappa shape index (κ2) is 11.2. The molecule has 242 valence electrons. The minimum absolute atomic E-state index is 0.0814. The maximum Gasteiger partial charge on any atom is 0.138 e.